The van der Waals surface area contributed by atoms with Gasteiger partial charge in [0.05, 0.1) is 76.7 Å². The minimum Gasteiger partial charge on any atom is -0.493 e. The number of hydrogen-bond donors (Lipinski definition) is 2. The summed E-state index contributed by atoms with van der Waals surface area (Å²) in [5.41, 5.74) is 2.08. The predicted molar refractivity (Wildman–Crippen MR) is 150 cm³/mol. The molecule has 1 heterocycles. The Hall–Kier alpha value is -3.21. The van der Waals surface area contributed by atoms with E-state index in [-0.39, 0.29) is 25.5 Å². The van der Waals surface area contributed by atoms with Crippen LogP contribution < -0.4 is 14.8 Å². The monoisotopic (exact) mass is 556 g/mol. The number of nitrogens with zero attached hydrogens (tertiary/aromatic N) is 2. The average molecular weight is 557 g/mol. The van der Waals surface area contributed by atoms with Gasteiger partial charge in [-0.05, 0) is 24.0 Å². The Balaban J connectivity index is 1.43. The zero-order valence-electron chi connectivity index (χ0n) is 23.1. The molecule has 1 amide bonds. The molecule has 1 aliphatic carbocycles. The number of carbonyl (C=O) groups excluding carboxylic acids is 2. The van der Waals surface area contributed by atoms with E-state index >= 15 is 0 Å². The lowest BCUT2D eigenvalue weighted by atomic mass is 9.80. The minimum absolute atomic E-state index is 0.0256. The number of benzene rings is 2. The van der Waals surface area contributed by atoms with Gasteiger partial charge in [0, 0.05) is 18.6 Å². The summed E-state index contributed by atoms with van der Waals surface area (Å²) in [5, 5.41) is 13.0. The van der Waals surface area contributed by atoms with Crippen LogP contribution >= 0.6 is 11.3 Å². The van der Waals surface area contributed by atoms with Gasteiger partial charge in [0.1, 0.15) is 11.6 Å². The summed E-state index contributed by atoms with van der Waals surface area (Å²) < 4.78 is 18.2. The summed E-state index contributed by atoms with van der Waals surface area (Å²) in [6.45, 7) is 2.52. The summed E-state index contributed by atoms with van der Waals surface area (Å²) in [4.78, 5) is 30.5. The molecule has 10 heteroatoms. The van der Waals surface area contributed by atoms with Gasteiger partial charge < -0.3 is 29.1 Å². The Kier molecular flexibility index (Phi) is 9.09. The molecule has 3 aromatic rings. The molecule has 9 nitrogen and oxygen atoms in total. The first-order chi connectivity index (χ1) is 18.7. The molecule has 2 aromatic carbocycles. The molecule has 1 aliphatic rings. The van der Waals surface area contributed by atoms with E-state index in [0.717, 1.165) is 43.8 Å². The Morgan fingerprint density at radius 1 is 1.10 bits per heavy atom. The van der Waals surface area contributed by atoms with Gasteiger partial charge in [0.2, 0.25) is 5.91 Å². The number of rotatable bonds is 13. The second kappa shape index (κ2) is 12.3. The van der Waals surface area contributed by atoms with Crippen LogP contribution in [0.1, 0.15) is 29.0 Å². The highest BCUT2D eigenvalue weighted by molar-refractivity contribution is 7.18. The number of aliphatic hydroxyl groups excluding tert-OH is 1. The quantitative estimate of drug-likeness (QED) is 0.189. The van der Waals surface area contributed by atoms with E-state index in [1.165, 1.54) is 18.4 Å². The maximum absolute atomic E-state index is 13.5. The second-order valence-electron chi connectivity index (χ2n) is 10.7. The van der Waals surface area contributed by atoms with Gasteiger partial charge in [0.15, 0.2) is 11.5 Å². The van der Waals surface area contributed by atoms with E-state index < -0.39 is 11.4 Å². The highest BCUT2D eigenvalue weighted by atomic mass is 32.1. The van der Waals surface area contributed by atoms with Crippen molar-refractivity contribution in [2.24, 2.45) is 5.41 Å². The van der Waals surface area contributed by atoms with E-state index in [1.54, 1.807) is 7.11 Å². The second-order valence-corrected chi connectivity index (χ2v) is 11.8. The largest absolute Gasteiger partial charge is 0.493 e. The van der Waals surface area contributed by atoms with Crippen molar-refractivity contribution >= 4 is 33.4 Å². The molecule has 0 spiro atoms. The molecule has 0 atom stereocenters. The molecule has 2 N–H and O–H groups in total. The highest BCUT2D eigenvalue weighted by Crippen LogP contribution is 2.41. The lowest BCUT2D eigenvalue weighted by Gasteiger charge is -2.28. The number of fused-ring (bicyclic) bond motifs is 2. The van der Waals surface area contributed by atoms with E-state index in [1.807, 2.05) is 36.4 Å². The molecule has 0 radical (unpaired) electrons. The number of likely N-dealkylation sites (N-methyl/N-ethyl adjacent to an activating group) is 1. The van der Waals surface area contributed by atoms with E-state index in [4.69, 9.17) is 19.2 Å². The zero-order chi connectivity index (χ0) is 28.0. The third-order valence-electron chi connectivity index (χ3n) is 7.36. The van der Waals surface area contributed by atoms with Crippen LogP contribution in [0.2, 0.25) is 0 Å². The molecule has 0 bridgehead atoms. The van der Waals surface area contributed by atoms with Crippen molar-refractivity contribution in [2.75, 3.05) is 54.6 Å². The zero-order valence-corrected chi connectivity index (χ0v) is 23.9. The van der Waals surface area contributed by atoms with Crippen molar-refractivity contribution in [1.29, 1.82) is 0 Å². The smallest absolute Gasteiger partial charge is 0.306 e. The third-order valence-corrected chi connectivity index (χ3v) is 8.38. The van der Waals surface area contributed by atoms with Gasteiger partial charge in [-0.15, -0.1) is 11.3 Å². The number of quaternary nitrogens is 1. The molecule has 4 rings (SSSR count). The number of hydrogen-bond acceptors (Lipinski definition) is 8. The molecule has 0 saturated heterocycles. The van der Waals surface area contributed by atoms with Gasteiger partial charge in [-0.2, -0.15) is 0 Å². The maximum Gasteiger partial charge on any atom is 0.306 e. The van der Waals surface area contributed by atoms with Gasteiger partial charge in [-0.1, -0.05) is 24.3 Å². The molecule has 210 valence electrons. The number of methoxy groups -OCH3 is 2. The van der Waals surface area contributed by atoms with Crippen LogP contribution in [0.5, 0.6) is 11.5 Å². The van der Waals surface area contributed by atoms with Gasteiger partial charge >= 0.3 is 5.97 Å². The van der Waals surface area contributed by atoms with Gasteiger partial charge in [-0.3, -0.25) is 9.59 Å². The van der Waals surface area contributed by atoms with Crippen molar-refractivity contribution in [3.8, 4) is 11.5 Å². The first kappa shape index (κ1) is 28.8. The molecule has 0 aliphatic heterocycles. The normalized spacial score (nSPS) is 14.2. The summed E-state index contributed by atoms with van der Waals surface area (Å²) in [7, 11) is 7.13. The molecule has 0 saturated carbocycles. The number of ether oxygens (including phenoxy) is 3. The summed E-state index contributed by atoms with van der Waals surface area (Å²) in [6.07, 6.45) is 1.85. The Morgan fingerprint density at radius 2 is 1.82 bits per heavy atom. The van der Waals surface area contributed by atoms with Crippen LogP contribution in [0.4, 0.5) is 0 Å². The first-order valence-corrected chi connectivity index (χ1v) is 14.0. The molecular formula is C29H38N3O6S+. The molecule has 39 heavy (non-hydrogen) atoms. The lowest BCUT2D eigenvalue weighted by molar-refractivity contribution is -0.890. The van der Waals surface area contributed by atoms with E-state index in [9.17, 15) is 14.7 Å². The number of thiazole rings is 1. The highest BCUT2D eigenvalue weighted by Gasteiger charge is 2.45. The van der Waals surface area contributed by atoms with Crippen molar-refractivity contribution in [2.45, 2.75) is 32.2 Å². The molecule has 1 aromatic heterocycles. The number of aliphatic hydroxyl groups is 1. The van der Waals surface area contributed by atoms with Crippen LogP contribution in [0.15, 0.2) is 36.4 Å². The van der Waals surface area contributed by atoms with Crippen molar-refractivity contribution in [3.63, 3.8) is 0 Å². The number of nitrogens with one attached hydrogen (secondary N) is 1. The summed E-state index contributed by atoms with van der Waals surface area (Å²) in [5.74, 6) is 0.687. The van der Waals surface area contributed by atoms with Crippen LogP contribution in [-0.4, -0.2) is 81.1 Å². The van der Waals surface area contributed by atoms with Crippen LogP contribution in [0, 0.1) is 5.41 Å². The van der Waals surface area contributed by atoms with Gasteiger partial charge in [0.25, 0.3) is 0 Å². The lowest BCUT2D eigenvalue weighted by Crippen LogP contribution is -2.43. The number of amides is 1. The van der Waals surface area contributed by atoms with Crippen LogP contribution in [0.25, 0.3) is 10.2 Å². The fraction of sp³-hybridized carbons (Fsp3) is 0.483. The van der Waals surface area contributed by atoms with Crippen molar-refractivity contribution in [1.82, 2.24) is 10.3 Å². The van der Waals surface area contributed by atoms with Gasteiger partial charge in [-0.25, -0.2) is 4.98 Å². The molecular weight excluding hydrogens is 518 g/mol. The number of carbonyl (C=O) groups is 2. The predicted octanol–water partition coefficient (Wildman–Crippen LogP) is 3.11. The first-order valence-electron chi connectivity index (χ1n) is 13.1. The Labute approximate surface area is 233 Å². The summed E-state index contributed by atoms with van der Waals surface area (Å²) >= 11 is 1.48. The molecule has 0 unspecified atom stereocenters. The fourth-order valence-corrected chi connectivity index (χ4v) is 6.06. The summed E-state index contributed by atoms with van der Waals surface area (Å²) in [6, 6.07) is 11.7. The van der Waals surface area contributed by atoms with Crippen LogP contribution in [0.3, 0.4) is 0 Å². The molecule has 0 fully saturated rings. The van der Waals surface area contributed by atoms with Crippen LogP contribution in [-0.2, 0) is 33.7 Å². The number of aromatic nitrogens is 1. The fourth-order valence-electron chi connectivity index (χ4n) is 5.14. The van der Waals surface area contributed by atoms with Crippen molar-refractivity contribution < 1.29 is 33.4 Å². The van der Waals surface area contributed by atoms with Crippen molar-refractivity contribution in [3.05, 3.63) is 52.5 Å². The SMILES string of the molecule is COC(=O)CC1(C(=O)NCc2nc3cc(OCCC[N+](C)(C)CCO)c(OC)cc3s2)Cc2ccccc2C1. The number of esters is 1. The average Bonchev–Trinajstić information content (AvgIpc) is 3.49. The van der Waals surface area contributed by atoms with E-state index in [2.05, 4.69) is 19.4 Å². The standard InChI is InChI=1S/C29H37N3O6S/c1-32(2,11-12-33)10-7-13-38-24-14-22-25(15-23(24)36-3)39-26(31-22)19-30-28(35)29(18-27(34)37-4)16-20-8-5-6-9-21(20)17-29/h5-6,8-9,14-15,33H,7,10-13,16-19H2,1-4H3/p+1. The topological polar surface area (TPSA) is 107 Å². The van der Waals surface area contributed by atoms with E-state index in [0.29, 0.717) is 37.5 Å². The Morgan fingerprint density at radius 3 is 2.46 bits per heavy atom. The Bertz CT molecular complexity index is 1300. The maximum atomic E-state index is 13.5. The minimum atomic E-state index is -0.873. The third kappa shape index (κ3) is 6.87.